The molecule has 3 aromatic rings. The molecule has 0 radical (unpaired) electrons. The molecule has 1 heterocycles. The van der Waals surface area contributed by atoms with Crippen LogP contribution in [0, 0.1) is 18.3 Å². The number of amides is 1. The monoisotopic (exact) mass is 317 g/mol. The van der Waals surface area contributed by atoms with Crippen molar-refractivity contribution in [3.8, 4) is 11.8 Å². The van der Waals surface area contributed by atoms with Crippen molar-refractivity contribution in [1.29, 1.82) is 5.26 Å². The summed E-state index contributed by atoms with van der Waals surface area (Å²) in [5, 5.41) is 20.2. The topological polar surface area (TPSA) is 83.6 Å². The van der Waals surface area contributed by atoms with Gasteiger partial charge in [0.05, 0.1) is 23.0 Å². The second-order valence-electron chi connectivity index (χ2n) is 5.25. The molecule has 118 valence electrons. The van der Waals surface area contributed by atoms with Gasteiger partial charge in [0, 0.05) is 6.54 Å². The molecular formula is C18H15N5O. The Bertz CT molecular complexity index is 891. The van der Waals surface area contributed by atoms with Gasteiger partial charge in [-0.15, -0.1) is 5.10 Å². The smallest absolute Gasteiger partial charge is 0.274 e. The highest BCUT2D eigenvalue weighted by Gasteiger charge is 2.16. The minimum absolute atomic E-state index is 0.279. The summed E-state index contributed by atoms with van der Waals surface area (Å²) in [6.07, 6.45) is 0. The first-order chi connectivity index (χ1) is 11.7. The van der Waals surface area contributed by atoms with Crippen molar-refractivity contribution < 1.29 is 4.79 Å². The van der Waals surface area contributed by atoms with Gasteiger partial charge in [0.1, 0.15) is 0 Å². The number of hydrogen-bond acceptors (Lipinski definition) is 4. The Morgan fingerprint density at radius 1 is 1.12 bits per heavy atom. The number of aromatic nitrogens is 3. The Hall–Kier alpha value is -3.46. The molecule has 3 rings (SSSR count). The highest BCUT2D eigenvalue weighted by molar-refractivity contribution is 5.93. The summed E-state index contributed by atoms with van der Waals surface area (Å²) in [4.78, 5) is 13.8. The van der Waals surface area contributed by atoms with E-state index in [0.29, 0.717) is 23.5 Å². The number of carbonyl (C=O) groups excluding carboxylic acids is 1. The predicted octanol–water partition coefficient (Wildman–Crippen LogP) is 2.38. The van der Waals surface area contributed by atoms with Crippen molar-refractivity contribution in [3.05, 3.63) is 77.1 Å². The zero-order valence-corrected chi connectivity index (χ0v) is 13.1. The quantitative estimate of drug-likeness (QED) is 0.800. The van der Waals surface area contributed by atoms with E-state index in [2.05, 4.69) is 21.6 Å². The van der Waals surface area contributed by atoms with Gasteiger partial charge in [0.25, 0.3) is 5.91 Å². The van der Waals surface area contributed by atoms with Gasteiger partial charge in [0.15, 0.2) is 5.69 Å². The minimum atomic E-state index is -0.279. The molecule has 0 atom stereocenters. The second kappa shape index (κ2) is 6.75. The molecule has 0 saturated carbocycles. The third-order valence-corrected chi connectivity index (χ3v) is 3.52. The van der Waals surface area contributed by atoms with Crippen molar-refractivity contribution in [2.75, 3.05) is 0 Å². The van der Waals surface area contributed by atoms with Crippen LogP contribution in [0.3, 0.4) is 0 Å². The van der Waals surface area contributed by atoms with Crippen LogP contribution in [0.25, 0.3) is 5.69 Å². The van der Waals surface area contributed by atoms with Crippen LogP contribution in [-0.2, 0) is 6.54 Å². The van der Waals surface area contributed by atoms with Gasteiger partial charge >= 0.3 is 0 Å². The van der Waals surface area contributed by atoms with E-state index in [1.54, 1.807) is 19.1 Å². The van der Waals surface area contributed by atoms with E-state index in [1.807, 2.05) is 42.5 Å². The predicted molar refractivity (Wildman–Crippen MR) is 88.4 cm³/mol. The SMILES string of the molecule is Cc1nn(-c2ccccc2)nc1C(=O)NCc1ccc(C#N)cc1. The van der Waals surface area contributed by atoms with Crippen LogP contribution in [0.15, 0.2) is 54.6 Å². The molecule has 1 amide bonds. The van der Waals surface area contributed by atoms with E-state index in [0.717, 1.165) is 11.3 Å². The lowest BCUT2D eigenvalue weighted by atomic mass is 10.1. The summed E-state index contributed by atoms with van der Waals surface area (Å²) < 4.78 is 0. The van der Waals surface area contributed by atoms with Crippen molar-refractivity contribution in [1.82, 2.24) is 20.3 Å². The van der Waals surface area contributed by atoms with Crippen LogP contribution in [0.5, 0.6) is 0 Å². The molecule has 0 aliphatic heterocycles. The van der Waals surface area contributed by atoms with Crippen LogP contribution in [0.4, 0.5) is 0 Å². The maximum Gasteiger partial charge on any atom is 0.274 e. The number of rotatable bonds is 4. The summed E-state index contributed by atoms with van der Waals surface area (Å²) in [7, 11) is 0. The third kappa shape index (κ3) is 3.31. The molecule has 0 saturated heterocycles. The van der Waals surface area contributed by atoms with Gasteiger partial charge in [-0.1, -0.05) is 30.3 Å². The molecular weight excluding hydrogens is 302 g/mol. The molecule has 1 aromatic heterocycles. The maximum atomic E-state index is 12.3. The van der Waals surface area contributed by atoms with Crippen LogP contribution in [-0.4, -0.2) is 20.9 Å². The van der Waals surface area contributed by atoms with E-state index in [-0.39, 0.29) is 5.91 Å². The molecule has 1 N–H and O–H groups in total. The lowest BCUT2D eigenvalue weighted by molar-refractivity contribution is 0.0945. The van der Waals surface area contributed by atoms with E-state index < -0.39 is 0 Å². The number of benzene rings is 2. The van der Waals surface area contributed by atoms with Crippen LogP contribution < -0.4 is 5.32 Å². The molecule has 24 heavy (non-hydrogen) atoms. The summed E-state index contributed by atoms with van der Waals surface area (Å²) in [5.74, 6) is -0.279. The number of nitriles is 1. The summed E-state index contributed by atoms with van der Waals surface area (Å²) in [6, 6.07) is 18.6. The molecule has 0 fully saturated rings. The number of nitrogens with zero attached hydrogens (tertiary/aromatic N) is 4. The highest BCUT2D eigenvalue weighted by atomic mass is 16.2. The fraction of sp³-hybridized carbons (Fsp3) is 0.111. The molecule has 6 nitrogen and oxygen atoms in total. The van der Waals surface area contributed by atoms with Gasteiger partial charge in [-0.2, -0.15) is 15.2 Å². The van der Waals surface area contributed by atoms with Crippen molar-refractivity contribution >= 4 is 5.91 Å². The molecule has 0 spiro atoms. The fourth-order valence-electron chi connectivity index (χ4n) is 2.23. The Morgan fingerprint density at radius 3 is 2.50 bits per heavy atom. The van der Waals surface area contributed by atoms with E-state index in [1.165, 1.54) is 4.80 Å². The normalized spacial score (nSPS) is 10.2. The second-order valence-corrected chi connectivity index (χ2v) is 5.25. The Labute approximate surface area is 139 Å². The van der Waals surface area contributed by atoms with Gasteiger partial charge < -0.3 is 5.32 Å². The maximum absolute atomic E-state index is 12.3. The fourth-order valence-corrected chi connectivity index (χ4v) is 2.23. The summed E-state index contributed by atoms with van der Waals surface area (Å²) in [6.45, 7) is 2.12. The number of aryl methyl sites for hydroxylation is 1. The molecule has 0 aliphatic rings. The number of hydrogen-bond donors (Lipinski definition) is 1. The van der Waals surface area contributed by atoms with Crippen molar-refractivity contribution in [3.63, 3.8) is 0 Å². The minimum Gasteiger partial charge on any atom is -0.347 e. The van der Waals surface area contributed by atoms with Crippen LogP contribution in [0.1, 0.15) is 27.3 Å². The highest BCUT2D eigenvalue weighted by Crippen LogP contribution is 2.09. The number of para-hydroxylation sites is 1. The molecule has 0 unspecified atom stereocenters. The number of carbonyl (C=O) groups is 1. The Kier molecular flexibility index (Phi) is 4.34. The first-order valence-electron chi connectivity index (χ1n) is 7.44. The first-order valence-corrected chi connectivity index (χ1v) is 7.44. The van der Waals surface area contributed by atoms with Crippen LogP contribution in [0.2, 0.25) is 0 Å². The average Bonchev–Trinajstić information content (AvgIpc) is 3.03. The molecule has 6 heteroatoms. The zero-order chi connectivity index (χ0) is 16.9. The summed E-state index contributed by atoms with van der Waals surface area (Å²) in [5.41, 5.74) is 3.16. The van der Waals surface area contributed by atoms with Crippen molar-refractivity contribution in [2.45, 2.75) is 13.5 Å². The Balaban J connectivity index is 1.71. The molecule has 0 bridgehead atoms. The lowest BCUT2D eigenvalue weighted by Gasteiger charge is -2.03. The Morgan fingerprint density at radius 2 is 1.83 bits per heavy atom. The summed E-state index contributed by atoms with van der Waals surface area (Å²) >= 11 is 0. The lowest BCUT2D eigenvalue weighted by Crippen LogP contribution is -2.24. The third-order valence-electron chi connectivity index (χ3n) is 3.52. The van der Waals surface area contributed by atoms with E-state index in [4.69, 9.17) is 5.26 Å². The standard InChI is InChI=1S/C18H15N5O/c1-13-17(22-23(21-13)16-5-3-2-4-6-16)18(24)20-12-15-9-7-14(11-19)8-10-15/h2-10H,12H2,1H3,(H,20,24). The largest absolute Gasteiger partial charge is 0.347 e. The zero-order valence-electron chi connectivity index (χ0n) is 13.1. The van der Waals surface area contributed by atoms with Gasteiger partial charge in [0.2, 0.25) is 0 Å². The van der Waals surface area contributed by atoms with Gasteiger partial charge in [-0.3, -0.25) is 4.79 Å². The molecule has 0 aliphatic carbocycles. The number of nitrogens with one attached hydrogen (secondary N) is 1. The van der Waals surface area contributed by atoms with E-state index >= 15 is 0 Å². The van der Waals surface area contributed by atoms with Crippen molar-refractivity contribution in [2.24, 2.45) is 0 Å². The van der Waals surface area contributed by atoms with E-state index in [9.17, 15) is 4.79 Å². The average molecular weight is 317 g/mol. The molecule has 2 aromatic carbocycles. The van der Waals surface area contributed by atoms with Crippen LogP contribution >= 0.6 is 0 Å². The first kappa shape index (κ1) is 15.4. The van der Waals surface area contributed by atoms with Gasteiger partial charge in [-0.05, 0) is 36.8 Å². The van der Waals surface area contributed by atoms with Gasteiger partial charge in [-0.25, -0.2) is 0 Å².